The Morgan fingerprint density at radius 1 is 0.939 bits per heavy atom. The Labute approximate surface area is 193 Å². The smallest absolute Gasteiger partial charge is 0.309 e. The van der Waals surface area contributed by atoms with Crippen molar-refractivity contribution in [3.63, 3.8) is 0 Å². The number of nitrogens with two attached hydrogens (primary N) is 1. The van der Waals surface area contributed by atoms with Gasteiger partial charge in [0.2, 0.25) is 6.10 Å². The van der Waals surface area contributed by atoms with E-state index in [1.54, 1.807) is 53.8 Å². The molecule has 1 aliphatic rings. The number of carbonyl (C=O) groups is 4. The summed E-state index contributed by atoms with van der Waals surface area (Å²) in [4.78, 5) is 48.6. The van der Waals surface area contributed by atoms with E-state index in [4.69, 9.17) is 24.7 Å². The number of primary amides is 1. The SMILES string of the molecule is CC(C)C(=O)OC[C@H]1O[C@@H]([n+]2cccc(C(N)=O)c2)[C@@H](OC(=O)C(C)C)[C@@H]1OC(=O)C(C)C. The van der Waals surface area contributed by atoms with Crippen LogP contribution in [0.3, 0.4) is 0 Å². The molecule has 1 aromatic heterocycles. The Morgan fingerprint density at radius 2 is 1.48 bits per heavy atom. The molecular weight excluding hydrogens is 432 g/mol. The molecule has 1 saturated heterocycles. The van der Waals surface area contributed by atoms with Crippen LogP contribution >= 0.6 is 0 Å². The zero-order valence-corrected chi connectivity index (χ0v) is 19.8. The predicted molar refractivity (Wildman–Crippen MR) is 114 cm³/mol. The van der Waals surface area contributed by atoms with Gasteiger partial charge < -0.3 is 24.7 Å². The minimum Gasteiger partial charge on any atom is -0.463 e. The second-order valence-electron chi connectivity index (χ2n) is 8.87. The number of esters is 3. The number of nitrogens with zero attached hydrogens (tertiary/aromatic N) is 1. The molecule has 2 heterocycles. The fourth-order valence-electron chi connectivity index (χ4n) is 3.02. The van der Waals surface area contributed by atoms with Gasteiger partial charge >= 0.3 is 24.1 Å². The van der Waals surface area contributed by atoms with Gasteiger partial charge in [-0.05, 0) is 6.07 Å². The third-order valence-electron chi connectivity index (χ3n) is 4.99. The van der Waals surface area contributed by atoms with Crippen molar-refractivity contribution in [2.24, 2.45) is 23.5 Å². The van der Waals surface area contributed by atoms with Crippen LogP contribution in [0.2, 0.25) is 0 Å². The van der Waals surface area contributed by atoms with Gasteiger partial charge in [-0.2, -0.15) is 4.57 Å². The number of rotatable bonds is 9. The molecule has 0 saturated carbocycles. The number of amides is 1. The molecule has 2 N–H and O–H groups in total. The lowest BCUT2D eigenvalue weighted by atomic mass is 10.1. The second kappa shape index (κ2) is 11.2. The highest BCUT2D eigenvalue weighted by Gasteiger charge is 2.55. The Balaban J connectivity index is 2.45. The molecule has 0 spiro atoms. The Kier molecular flexibility index (Phi) is 8.92. The molecule has 0 aliphatic carbocycles. The van der Waals surface area contributed by atoms with E-state index in [2.05, 4.69) is 0 Å². The predicted octanol–water partition coefficient (Wildman–Crippen LogP) is 1.31. The zero-order chi connectivity index (χ0) is 24.9. The number of carbonyl (C=O) groups excluding carboxylic acids is 4. The van der Waals surface area contributed by atoms with Gasteiger partial charge in [0.25, 0.3) is 5.91 Å². The van der Waals surface area contributed by atoms with Gasteiger partial charge in [0.15, 0.2) is 18.5 Å². The van der Waals surface area contributed by atoms with E-state index in [1.807, 2.05) is 0 Å². The molecule has 10 nitrogen and oxygen atoms in total. The van der Waals surface area contributed by atoms with Crippen molar-refractivity contribution in [3.05, 3.63) is 30.1 Å². The standard InChI is InChI=1S/C23H32N2O8/c1-12(2)21(27)30-11-16-17(32-22(28)13(3)4)18(33-23(29)14(5)6)20(31-16)25-9-7-8-15(10-25)19(24)26/h7-10,12-14,16-18,20H,11H2,1-6H3,(H-,24,26)/p+1/t16-,17-,18+,20-/m1/s1. The summed E-state index contributed by atoms with van der Waals surface area (Å²) >= 11 is 0. The summed E-state index contributed by atoms with van der Waals surface area (Å²) in [5.41, 5.74) is 5.60. The van der Waals surface area contributed by atoms with E-state index in [0.29, 0.717) is 0 Å². The maximum atomic E-state index is 12.5. The zero-order valence-electron chi connectivity index (χ0n) is 19.8. The van der Waals surface area contributed by atoms with E-state index >= 15 is 0 Å². The lowest BCUT2D eigenvalue weighted by molar-refractivity contribution is -0.765. The van der Waals surface area contributed by atoms with E-state index in [9.17, 15) is 19.2 Å². The van der Waals surface area contributed by atoms with E-state index in [-0.39, 0.29) is 18.1 Å². The normalized spacial score (nSPS) is 22.5. The average molecular weight is 466 g/mol. The third kappa shape index (κ3) is 6.74. The van der Waals surface area contributed by atoms with E-state index in [1.165, 1.54) is 16.8 Å². The third-order valence-corrected chi connectivity index (χ3v) is 4.99. The van der Waals surface area contributed by atoms with E-state index in [0.717, 1.165) is 0 Å². The lowest BCUT2D eigenvalue weighted by Gasteiger charge is -2.24. The van der Waals surface area contributed by atoms with Crippen LogP contribution in [0.5, 0.6) is 0 Å². The first-order valence-electron chi connectivity index (χ1n) is 11.0. The van der Waals surface area contributed by atoms with Crippen LogP contribution in [-0.4, -0.2) is 48.7 Å². The Bertz CT molecular complexity index is 883. The molecule has 1 aromatic rings. The average Bonchev–Trinajstić information content (AvgIpc) is 3.08. The van der Waals surface area contributed by atoms with Crippen molar-refractivity contribution < 1.29 is 42.7 Å². The molecule has 1 amide bonds. The van der Waals surface area contributed by atoms with E-state index < -0.39 is 60.2 Å². The molecule has 33 heavy (non-hydrogen) atoms. The number of hydrogen-bond acceptors (Lipinski definition) is 8. The number of aromatic nitrogens is 1. The topological polar surface area (TPSA) is 135 Å². The van der Waals surface area contributed by atoms with Crippen molar-refractivity contribution in [1.82, 2.24) is 0 Å². The molecule has 10 heteroatoms. The maximum Gasteiger partial charge on any atom is 0.309 e. The molecule has 1 fully saturated rings. The molecule has 0 aromatic carbocycles. The van der Waals surface area contributed by atoms with Crippen LogP contribution in [0.1, 0.15) is 58.1 Å². The first kappa shape index (κ1) is 26.2. The Morgan fingerprint density at radius 3 is 2.00 bits per heavy atom. The van der Waals surface area contributed by atoms with Gasteiger partial charge in [-0.3, -0.25) is 19.2 Å². The molecule has 2 rings (SSSR count). The van der Waals surface area contributed by atoms with Gasteiger partial charge in [0.1, 0.15) is 18.3 Å². The number of pyridine rings is 1. The molecule has 0 radical (unpaired) electrons. The summed E-state index contributed by atoms with van der Waals surface area (Å²) in [5, 5.41) is 0. The maximum absolute atomic E-state index is 12.5. The summed E-state index contributed by atoms with van der Waals surface area (Å²) < 4.78 is 24.3. The van der Waals surface area contributed by atoms with Crippen LogP contribution in [0.4, 0.5) is 0 Å². The van der Waals surface area contributed by atoms with Crippen molar-refractivity contribution >= 4 is 23.8 Å². The van der Waals surface area contributed by atoms with Crippen LogP contribution in [0.25, 0.3) is 0 Å². The Hall–Kier alpha value is -3.01. The summed E-state index contributed by atoms with van der Waals surface area (Å²) in [5.74, 6) is -3.41. The first-order valence-corrected chi connectivity index (χ1v) is 11.0. The molecule has 182 valence electrons. The molecule has 0 bridgehead atoms. The van der Waals surface area contributed by atoms with Gasteiger partial charge in [0.05, 0.1) is 17.8 Å². The first-order chi connectivity index (χ1) is 15.4. The minimum absolute atomic E-state index is 0.209. The summed E-state index contributed by atoms with van der Waals surface area (Å²) in [6, 6.07) is 3.12. The number of hydrogen-bond donors (Lipinski definition) is 1. The highest BCUT2D eigenvalue weighted by atomic mass is 16.7. The second-order valence-corrected chi connectivity index (χ2v) is 8.87. The van der Waals surface area contributed by atoms with Gasteiger partial charge in [-0.25, -0.2) is 0 Å². The van der Waals surface area contributed by atoms with Crippen molar-refractivity contribution in [2.75, 3.05) is 6.61 Å². The summed E-state index contributed by atoms with van der Waals surface area (Å²) in [6.45, 7) is 9.85. The molecular formula is C23H33N2O8+. The van der Waals surface area contributed by atoms with Crippen molar-refractivity contribution in [3.8, 4) is 0 Å². The summed E-state index contributed by atoms with van der Waals surface area (Å²) in [7, 11) is 0. The van der Waals surface area contributed by atoms with Gasteiger partial charge in [-0.1, -0.05) is 41.5 Å². The highest BCUT2D eigenvalue weighted by molar-refractivity contribution is 5.92. The largest absolute Gasteiger partial charge is 0.463 e. The van der Waals surface area contributed by atoms with Gasteiger partial charge in [0, 0.05) is 6.07 Å². The van der Waals surface area contributed by atoms with Crippen LogP contribution in [0, 0.1) is 17.8 Å². The van der Waals surface area contributed by atoms with Crippen molar-refractivity contribution in [1.29, 1.82) is 0 Å². The lowest BCUT2D eigenvalue weighted by Crippen LogP contribution is -2.49. The van der Waals surface area contributed by atoms with Crippen molar-refractivity contribution in [2.45, 2.75) is 66.1 Å². The molecule has 4 atom stereocenters. The fraction of sp³-hybridized carbons (Fsp3) is 0.609. The molecule has 1 aliphatic heterocycles. The van der Waals surface area contributed by atoms with Gasteiger partial charge in [-0.15, -0.1) is 0 Å². The monoisotopic (exact) mass is 465 g/mol. The fourth-order valence-corrected chi connectivity index (χ4v) is 3.02. The summed E-state index contributed by atoms with van der Waals surface area (Å²) in [6.07, 6.45) is -0.907. The highest BCUT2D eigenvalue weighted by Crippen LogP contribution is 2.32. The number of ether oxygens (including phenoxy) is 4. The van der Waals surface area contributed by atoms with Crippen LogP contribution in [0.15, 0.2) is 24.5 Å². The van der Waals surface area contributed by atoms with Crippen LogP contribution < -0.4 is 10.3 Å². The quantitative estimate of drug-likeness (QED) is 0.328. The van der Waals surface area contributed by atoms with Crippen LogP contribution in [-0.2, 0) is 33.3 Å². The molecule has 0 unspecified atom stereocenters. The minimum atomic E-state index is -1.06.